The van der Waals surface area contributed by atoms with Gasteiger partial charge in [-0.3, -0.25) is 9.59 Å². The van der Waals surface area contributed by atoms with E-state index in [1.807, 2.05) is 24.3 Å². The lowest BCUT2D eigenvalue weighted by Crippen LogP contribution is -2.47. The topological polar surface area (TPSA) is 67.4 Å². The van der Waals surface area contributed by atoms with Gasteiger partial charge in [-0.25, -0.2) is 0 Å². The van der Waals surface area contributed by atoms with Crippen molar-refractivity contribution in [1.82, 2.24) is 10.6 Å². The van der Waals surface area contributed by atoms with Crippen molar-refractivity contribution in [2.45, 2.75) is 40.2 Å². The number of hydrogen-bond acceptors (Lipinski definition) is 3. The van der Waals surface area contributed by atoms with Gasteiger partial charge in [0.1, 0.15) is 11.2 Å². The van der Waals surface area contributed by atoms with E-state index in [4.69, 9.17) is 4.74 Å². The second kappa shape index (κ2) is 8.41. The van der Waals surface area contributed by atoms with Gasteiger partial charge >= 0.3 is 0 Å². The lowest BCUT2D eigenvalue weighted by Gasteiger charge is -2.22. The van der Waals surface area contributed by atoms with Gasteiger partial charge in [-0.2, -0.15) is 0 Å². The Kier molecular flexibility index (Phi) is 6.89. The number of hydrogen-bond donors (Lipinski definition) is 2. The molecule has 22 heavy (non-hydrogen) atoms. The molecule has 122 valence electrons. The molecule has 5 heteroatoms. The molecule has 0 bridgehead atoms. The van der Waals surface area contributed by atoms with Crippen LogP contribution in [0.1, 0.15) is 39.2 Å². The monoisotopic (exact) mass is 306 g/mol. The first-order valence-corrected chi connectivity index (χ1v) is 7.61. The molecule has 1 aromatic carbocycles. The lowest BCUT2D eigenvalue weighted by molar-refractivity contribution is -0.141. The summed E-state index contributed by atoms with van der Waals surface area (Å²) in [5, 5.41) is 5.61. The Hall–Kier alpha value is -2.04. The Morgan fingerprint density at radius 1 is 1.09 bits per heavy atom. The Labute approximate surface area is 132 Å². The largest absolute Gasteiger partial charge is 0.497 e. The zero-order chi connectivity index (χ0) is 16.6. The summed E-state index contributed by atoms with van der Waals surface area (Å²) in [4.78, 5) is 24.3. The van der Waals surface area contributed by atoms with Gasteiger partial charge in [-0.05, 0) is 38.0 Å². The van der Waals surface area contributed by atoms with Crippen LogP contribution in [0.3, 0.4) is 0 Å². The maximum Gasteiger partial charge on any atom is 0.235 e. The van der Waals surface area contributed by atoms with Crippen LogP contribution in [-0.2, 0) is 16.1 Å². The van der Waals surface area contributed by atoms with E-state index in [1.165, 1.54) is 0 Å². The molecule has 2 amide bonds. The van der Waals surface area contributed by atoms with Crippen molar-refractivity contribution >= 4 is 11.8 Å². The Balaban J connectivity index is 2.52. The maximum atomic E-state index is 12.2. The van der Waals surface area contributed by atoms with Crippen LogP contribution in [-0.4, -0.2) is 25.5 Å². The summed E-state index contributed by atoms with van der Waals surface area (Å²) in [6.45, 7) is 6.31. The molecule has 0 saturated heterocycles. The molecular formula is C17H26N2O3. The SMILES string of the molecule is CCCCNC(=O)C(C)(C)C(=O)NCc1ccc(OC)cc1. The molecule has 0 unspecified atom stereocenters. The van der Waals surface area contributed by atoms with Gasteiger partial charge < -0.3 is 15.4 Å². The summed E-state index contributed by atoms with van der Waals surface area (Å²) in [6.07, 6.45) is 1.92. The minimum Gasteiger partial charge on any atom is -0.497 e. The Morgan fingerprint density at radius 2 is 1.68 bits per heavy atom. The van der Waals surface area contributed by atoms with E-state index < -0.39 is 5.41 Å². The number of rotatable bonds is 8. The molecular weight excluding hydrogens is 280 g/mol. The molecule has 1 aromatic rings. The number of carbonyl (C=O) groups is 2. The third-order valence-corrected chi connectivity index (χ3v) is 3.56. The molecule has 0 aliphatic rings. The fourth-order valence-corrected chi connectivity index (χ4v) is 1.85. The molecule has 0 radical (unpaired) electrons. The third-order valence-electron chi connectivity index (χ3n) is 3.56. The zero-order valence-corrected chi connectivity index (χ0v) is 13.9. The maximum absolute atomic E-state index is 12.2. The smallest absolute Gasteiger partial charge is 0.235 e. The Bertz CT molecular complexity index is 495. The van der Waals surface area contributed by atoms with Crippen LogP contribution in [0.4, 0.5) is 0 Å². The van der Waals surface area contributed by atoms with Gasteiger partial charge in [0.25, 0.3) is 0 Å². The summed E-state index contributed by atoms with van der Waals surface area (Å²) in [5.41, 5.74) is -0.128. The van der Waals surface area contributed by atoms with Crippen molar-refractivity contribution < 1.29 is 14.3 Å². The van der Waals surface area contributed by atoms with Gasteiger partial charge in [0.05, 0.1) is 7.11 Å². The van der Waals surface area contributed by atoms with E-state index in [9.17, 15) is 9.59 Å². The standard InChI is InChI=1S/C17H26N2O3/c1-5-6-11-18-15(20)17(2,3)16(21)19-12-13-7-9-14(22-4)10-8-13/h7-10H,5-6,11-12H2,1-4H3,(H,18,20)(H,19,21). The zero-order valence-electron chi connectivity index (χ0n) is 13.9. The summed E-state index contributed by atoms with van der Waals surface area (Å²) in [6, 6.07) is 7.44. The summed E-state index contributed by atoms with van der Waals surface area (Å²) < 4.78 is 5.09. The van der Waals surface area contributed by atoms with Crippen LogP contribution in [0, 0.1) is 5.41 Å². The highest BCUT2D eigenvalue weighted by atomic mass is 16.5. The molecule has 0 fully saturated rings. The average Bonchev–Trinajstić information content (AvgIpc) is 2.53. The van der Waals surface area contributed by atoms with E-state index in [1.54, 1.807) is 21.0 Å². The molecule has 0 spiro atoms. The van der Waals surface area contributed by atoms with Crippen LogP contribution in [0.25, 0.3) is 0 Å². The predicted molar refractivity (Wildman–Crippen MR) is 86.5 cm³/mol. The molecule has 0 aromatic heterocycles. The fourth-order valence-electron chi connectivity index (χ4n) is 1.85. The van der Waals surface area contributed by atoms with Crippen molar-refractivity contribution in [2.75, 3.05) is 13.7 Å². The number of benzene rings is 1. The highest BCUT2D eigenvalue weighted by molar-refractivity contribution is 6.04. The fraction of sp³-hybridized carbons (Fsp3) is 0.529. The highest BCUT2D eigenvalue weighted by Crippen LogP contribution is 2.16. The normalized spacial score (nSPS) is 10.9. The van der Waals surface area contributed by atoms with E-state index in [0.717, 1.165) is 24.2 Å². The van der Waals surface area contributed by atoms with Crippen molar-refractivity contribution in [3.05, 3.63) is 29.8 Å². The first-order chi connectivity index (χ1) is 10.4. The van der Waals surface area contributed by atoms with Gasteiger partial charge in [-0.1, -0.05) is 25.5 Å². The molecule has 2 N–H and O–H groups in total. The van der Waals surface area contributed by atoms with E-state index >= 15 is 0 Å². The first kappa shape index (κ1) is 18.0. The number of amides is 2. The molecule has 0 aliphatic heterocycles. The number of nitrogens with one attached hydrogen (secondary N) is 2. The molecule has 0 saturated carbocycles. The third kappa shape index (κ3) is 5.06. The summed E-state index contributed by atoms with van der Waals surface area (Å²) in [5.74, 6) is 0.246. The van der Waals surface area contributed by atoms with Crippen molar-refractivity contribution in [2.24, 2.45) is 5.41 Å². The van der Waals surface area contributed by atoms with Crippen LogP contribution >= 0.6 is 0 Å². The summed E-state index contributed by atoms with van der Waals surface area (Å²) >= 11 is 0. The summed E-state index contributed by atoms with van der Waals surface area (Å²) in [7, 11) is 1.61. The van der Waals surface area contributed by atoms with Crippen molar-refractivity contribution in [1.29, 1.82) is 0 Å². The second-order valence-electron chi connectivity index (χ2n) is 5.77. The van der Waals surface area contributed by atoms with Gasteiger partial charge in [-0.15, -0.1) is 0 Å². The minimum absolute atomic E-state index is 0.242. The lowest BCUT2D eigenvalue weighted by atomic mass is 9.91. The quantitative estimate of drug-likeness (QED) is 0.572. The van der Waals surface area contributed by atoms with Crippen LogP contribution in [0.5, 0.6) is 5.75 Å². The predicted octanol–water partition coefficient (Wildman–Crippen LogP) is 2.25. The average molecular weight is 306 g/mol. The van der Waals surface area contributed by atoms with Crippen LogP contribution in [0.15, 0.2) is 24.3 Å². The van der Waals surface area contributed by atoms with Gasteiger partial charge in [0.15, 0.2) is 0 Å². The van der Waals surface area contributed by atoms with Crippen LogP contribution in [0.2, 0.25) is 0 Å². The van der Waals surface area contributed by atoms with Crippen molar-refractivity contribution in [3.63, 3.8) is 0 Å². The molecule has 0 aliphatic carbocycles. The minimum atomic E-state index is -1.08. The number of ether oxygens (including phenoxy) is 1. The molecule has 1 rings (SSSR count). The number of unbranched alkanes of at least 4 members (excludes halogenated alkanes) is 1. The molecule has 0 atom stereocenters. The van der Waals surface area contributed by atoms with E-state index in [0.29, 0.717) is 13.1 Å². The molecule has 0 heterocycles. The Morgan fingerprint density at radius 3 is 2.23 bits per heavy atom. The van der Waals surface area contributed by atoms with Gasteiger partial charge in [0.2, 0.25) is 11.8 Å². The molecule has 5 nitrogen and oxygen atoms in total. The highest BCUT2D eigenvalue weighted by Gasteiger charge is 2.35. The van der Waals surface area contributed by atoms with Crippen LogP contribution < -0.4 is 15.4 Å². The van der Waals surface area contributed by atoms with E-state index in [-0.39, 0.29) is 11.8 Å². The van der Waals surface area contributed by atoms with E-state index in [2.05, 4.69) is 17.6 Å². The van der Waals surface area contributed by atoms with Gasteiger partial charge in [0, 0.05) is 13.1 Å². The second-order valence-corrected chi connectivity index (χ2v) is 5.77. The number of methoxy groups -OCH3 is 1. The first-order valence-electron chi connectivity index (χ1n) is 7.61. The number of carbonyl (C=O) groups excluding carboxylic acids is 2. The van der Waals surface area contributed by atoms with Crippen molar-refractivity contribution in [3.8, 4) is 5.75 Å².